The van der Waals surface area contributed by atoms with Gasteiger partial charge in [0.05, 0.1) is 12.2 Å². The average molecular weight is 196 g/mol. The third-order valence-corrected chi connectivity index (χ3v) is 1.71. The molecule has 0 unspecified atom stereocenters. The van der Waals surface area contributed by atoms with Crippen LogP contribution in [0.1, 0.15) is 17.5 Å². The minimum absolute atomic E-state index is 0.0292. The molecule has 1 nitrogen and oxygen atoms in total. The zero-order valence-corrected chi connectivity index (χ0v) is 7.77. The first-order valence-electron chi connectivity index (χ1n) is 4.20. The van der Waals surface area contributed by atoms with Gasteiger partial charge in [0, 0.05) is 6.42 Å². The van der Waals surface area contributed by atoms with Crippen molar-refractivity contribution in [2.45, 2.75) is 13.3 Å². The van der Waals surface area contributed by atoms with Crippen molar-refractivity contribution in [2.75, 3.05) is 6.61 Å². The Morgan fingerprint density at radius 1 is 1.29 bits per heavy atom. The van der Waals surface area contributed by atoms with E-state index in [9.17, 15) is 8.78 Å². The summed E-state index contributed by atoms with van der Waals surface area (Å²) in [5, 5.41) is 8.44. The second kappa shape index (κ2) is 4.73. The molecule has 0 amide bonds. The molecule has 1 aromatic carbocycles. The maximum absolute atomic E-state index is 13.1. The van der Waals surface area contributed by atoms with Gasteiger partial charge in [0.15, 0.2) is 0 Å². The largest absolute Gasteiger partial charge is 0.395 e. The zero-order chi connectivity index (χ0) is 10.6. The number of benzene rings is 1. The molecule has 0 saturated carbocycles. The van der Waals surface area contributed by atoms with Crippen LogP contribution in [-0.2, 0) is 0 Å². The van der Waals surface area contributed by atoms with Gasteiger partial charge in [-0.25, -0.2) is 8.78 Å². The molecule has 1 N–H and O–H groups in total. The molecule has 0 saturated heterocycles. The van der Waals surface area contributed by atoms with Crippen LogP contribution in [0.2, 0.25) is 0 Å². The highest BCUT2D eigenvalue weighted by molar-refractivity contribution is 5.38. The fourth-order valence-electron chi connectivity index (χ4n) is 0.956. The fraction of sp³-hybridized carbons (Fsp3) is 0.273. The van der Waals surface area contributed by atoms with E-state index in [1.165, 1.54) is 6.92 Å². The van der Waals surface area contributed by atoms with Crippen LogP contribution in [0.5, 0.6) is 0 Å². The fourth-order valence-corrected chi connectivity index (χ4v) is 0.956. The number of hydrogen-bond acceptors (Lipinski definition) is 1. The molecule has 0 fully saturated rings. The lowest BCUT2D eigenvalue weighted by atomic mass is 10.1. The van der Waals surface area contributed by atoms with Crippen molar-refractivity contribution in [2.24, 2.45) is 0 Å². The van der Waals surface area contributed by atoms with Gasteiger partial charge < -0.3 is 5.11 Å². The van der Waals surface area contributed by atoms with E-state index in [0.717, 1.165) is 12.1 Å². The van der Waals surface area contributed by atoms with Gasteiger partial charge in [0.2, 0.25) is 0 Å². The summed E-state index contributed by atoms with van der Waals surface area (Å²) in [7, 11) is 0. The zero-order valence-electron chi connectivity index (χ0n) is 7.77. The van der Waals surface area contributed by atoms with Gasteiger partial charge in [-0.3, -0.25) is 0 Å². The van der Waals surface area contributed by atoms with Crippen molar-refractivity contribution in [1.82, 2.24) is 0 Å². The van der Waals surface area contributed by atoms with Crippen LogP contribution in [0.15, 0.2) is 12.1 Å². The highest BCUT2D eigenvalue weighted by atomic mass is 19.1. The number of aryl methyl sites for hydroxylation is 1. The first-order valence-corrected chi connectivity index (χ1v) is 4.20. The Bertz CT molecular complexity index is 388. The van der Waals surface area contributed by atoms with Gasteiger partial charge in [-0.1, -0.05) is 11.8 Å². The van der Waals surface area contributed by atoms with E-state index < -0.39 is 11.6 Å². The van der Waals surface area contributed by atoms with Crippen LogP contribution >= 0.6 is 0 Å². The SMILES string of the molecule is Cc1cc(F)c(C#CCCO)cc1F. The molecule has 0 aliphatic carbocycles. The molecule has 0 bridgehead atoms. The monoisotopic (exact) mass is 196 g/mol. The number of aliphatic hydroxyl groups excluding tert-OH is 1. The highest BCUT2D eigenvalue weighted by Gasteiger charge is 2.04. The molecule has 14 heavy (non-hydrogen) atoms. The number of rotatable bonds is 1. The predicted molar refractivity (Wildman–Crippen MR) is 49.7 cm³/mol. The van der Waals surface area contributed by atoms with Crippen molar-refractivity contribution in [3.05, 3.63) is 34.9 Å². The molecule has 0 aromatic heterocycles. The third kappa shape index (κ3) is 2.54. The van der Waals surface area contributed by atoms with Gasteiger partial charge in [0.25, 0.3) is 0 Å². The van der Waals surface area contributed by atoms with E-state index >= 15 is 0 Å². The Balaban J connectivity index is 3.00. The quantitative estimate of drug-likeness (QED) is 0.681. The first kappa shape index (κ1) is 10.7. The summed E-state index contributed by atoms with van der Waals surface area (Å²) in [5.41, 5.74) is 0.289. The van der Waals surface area contributed by atoms with Crippen LogP contribution in [0, 0.1) is 30.4 Å². The topological polar surface area (TPSA) is 20.2 Å². The van der Waals surface area contributed by atoms with Crippen molar-refractivity contribution in [3.8, 4) is 11.8 Å². The average Bonchev–Trinajstić information content (AvgIpc) is 2.14. The lowest BCUT2D eigenvalue weighted by Gasteiger charge is -1.98. The predicted octanol–water partition coefficient (Wildman–Crippen LogP) is 2.01. The summed E-state index contributed by atoms with van der Waals surface area (Å²) < 4.78 is 26.1. The summed E-state index contributed by atoms with van der Waals surface area (Å²) in [4.78, 5) is 0. The summed E-state index contributed by atoms with van der Waals surface area (Å²) in [6.07, 6.45) is 0.259. The minimum atomic E-state index is -0.533. The molecular weight excluding hydrogens is 186 g/mol. The molecule has 0 spiro atoms. The number of aliphatic hydroxyl groups is 1. The molecule has 1 aromatic rings. The van der Waals surface area contributed by atoms with Crippen LogP contribution < -0.4 is 0 Å². The first-order chi connectivity index (χ1) is 6.65. The van der Waals surface area contributed by atoms with Crippen molar-refractivity contribution in [3.63, 3.8) is 0 Å². The van der Waals surface area contributed by atoms with Crippen LogP contribution in [-0.4, -0.2) is 11.7 Å². The Kier molecular flexibility index (Phi) is 3.61. The molecule has 0 aliphatic rings. The summed E-state index contributed by atoms with van der Waals surface area (Å²) in [6, 6.07) is 2.17. The van der Waals surface area contributed by atoms with E-state index in [1.54, 1.807) is 0 Å². The Labute approximate surface area is 81.4 Å². The normalized spacial score (nSPS) is 9.43. The van der Waals surface area contributed by atoms with Gasteiger partial charge in [-0.2, -0.15) is 0 Å². The van der Waals surface area contributed by atoms with Crippen molar-refractivity contribution in [1.29, 1.82) is 0 Å². The van der Waals surface area contributed by atoms with E-state index in [2.05, 4.69) is 11.8 Å². The van der Waals surface area contributed by atoms with E-state index in [0.29, 0.717) is 0 Å². The molecule has 74 valence electrons. The standard InChI is InChI=1S/C11H10F2O/c1-8-6-11(13)9(7-10(8)12)4-2-3-5-14/h6-7,14H,3,5H2,1H3. The summed E-state index contributed by atoms with van der Waals surface area (Å²) in [5.74, 6) is 3.98. The van der Waals surface area contributed by atoms with E-state index in [4.69, 9.17) is 5.11 Å². The van der Waals surface area contributed by atoms with Gasteiger partial charge in [0.1, 0.15) is 11.6 Å². The minimum Gasteiger partial charge on any atom is -0.395 e. The van der Waals surface area contributed by atoms with Gasteiger partial charge in [-0.15, -0.1) is 0 Å². The number of halogens is 2. The maximum atomic E-state index is 13.1. The van der Waals surface area contributed by atoms with Gasteiger partial charge >= 0.3 is 0 Å². The molecular formula is C11H10F2O. The molecule has 0 heterocycles. The lowest BCUT2D eigenvalue weighted by Crippen LogP contribution is -1.90. The Morgan fingerprint density at radius 2 is 2.00 bits per heavy atom. The maximum Gasteiger partial charge on any atom is 0.139 e. The molecule has 0 aliphatic heterocycles. The highest BCUT2D eigenvalue weighted by Crippen LogP contribution is 2.12. The Hall–Kier alpha value is -1.40. The summed E-state index contributed by atoms with van der Waals surface area (Å²) in [6.45, 7) is 1.41. The van der Waals surface area contributed by atoms with Crippen LogP contribution in [0.25, 0.3) is 0 Å². The third-order valence-electron chi connectivity index (χ3n) is 1.71. The number of hydrogen-bond donors (Lipinski definition) is 1. The molecule has 0 radical (unpaired) electrons. The second-order valence-electron chi connectivity index (χ2n) is 2.86. The molecule has 1 rings (SSSR count). The lowest BCUT2D eigenvalue weighted by molar-refractivity contribution is 0.305. The second-order valence-corrected chi connectivity index (χ2v) is 2.86. The van der Waals surface area contributed by atoms with Crippen molar-refractivity contribution < 1.29 is 13.9 Å². The van der Waals surface area contributed by atoms with Gasteiger partial charge in [-0.05, 0) is 24.6 Å². The molecule has 0 atom stereocenters. The van der Waals surface area contributed by atoms with Crippen LogP contribution in [0.4, 0.5) is 8.78 Å². The molecule has 3 heteroatoms. The Morgan fingerprint density at radius 3 is 2.64 bits per heavy atom. The van der Waals surface area contributed by atoms with E-state index in [-0.39, 0.29) is 24.2 Å². The van der Waals surface area contributed by atoms with E-state index in [1.807, 2.05) is 0 Å². The smallest absolute Gasteiger partial charge is 0.139 e. The van der Waals surface area contributed by atoms with Crippen molar-refractivity contribution >= 4 is 0 Å². The van der Waals surface area contributed by atoms with Crippen LogP contribution in [0.3, 0.4) is 0 Å². The summed E-state index contributed by atoms with van der Waals surface area (Å²) >= 11 is 0.